The van der Waals surface area contributed by atoms with Crippen molar-refractivity contribution in [1.29, 1.82) is 0 Å². The lowest BCUT2D eigenvalue weighted by Gasteiger charge is -2.32. The third-order valence-corrected chi connectivity index (χ3v) is 5.66. The number of likely N-dealkylation sites (tertiary alicyclic amines) is 1. The SMILES string of the molecule is CC(=O)Nc1ccc(C(=O)N2CCC(Cc3n[nH]c(=O)n3-c3ccccc3F)CC2)cc1. The van der Waals surface area contributed by atoms with Crippen LogP contribution in [-0.4, -0.2) is 44.6 Å². The molecule has 2 aromatic carbocycles. The highest BCUT2D eigenvalue weighted by Gasteiger charge is 2.26. The Balaban J connectivity index is 1.39. The van der Waals surface area contributed by atoms with Crippen LogP contribution in [0.25, 0.3) is 5.69 Å². The van der Waals surface area contributed by atoms with E-state index < -0.39 is 11.5 Å². The van der Waals surface area contributed by atoms with E-state index >= 15 is 0 Å². The minimum atomic E-state index is -0.484. The molecule has 0 radical (unpaired) electrons. The van der Waals surface area contributed by atoms with Crippen molar-refractivity contribution in [3.8, 4) is 5.69 Å². The molecule has 8 nitrogen and oxygen atoms in total. The Kier molecular flexibility index (Phi) is 6.16. The van der Waals surface area contributed by atoms with E-state index in [1.165, 1.54) is 17.6 Å². The average molecular weight is 437 g/mol. The van der Waals surface area contributed by atoms with Gasteiger partial charge in [-0.2, -0.15) is 5.10 Å². The number of nitrogens with zero attached hydrogens (tertiary/aromatic N) is 3. The molecular formula is C23H24FN5O3. The molecule has 4 rings (SSSR count). The Bertz CT molecular complexity index is 1180. The summed E-state index contributed by atoms with van der Waals surface area (Å²) in [6, 6.07) is 12.9. The number of para-hydroxylation sites is 1. The number of hydrogen-bond acceptors (Lipinski definition) is 4. The van der Waals surface area contributed by atoms with Crippen LogP contribution in [0.5, 0.6) is 0 Å². The lowest BCUT2D eigenvalue weighted by molar-refractivity contribution is -0.114. The second-order valence-electron chi connectivity index (χ2n) is 7.93. The maximum absolute atomic E-state index is 14.2. The van der Waals surface area contributed by atoms with Crippen molar-refractivity contribution >= 4 is 17.5 Å². The number of aromatic nitrogens is 3. The van der Waals surface area contributed by atoms with Crippen LogP contribution in [0.15, 0.2) is 53.3 Å². The van der Waals surface area contributed by atoms with Gasteiger partial charge in [-0.25, -0.2) is 18.9 Å². The Morgan fingerprint density at radius 2 is 1.81 bits per heavy atom. The van der Waals surface area contributed by atoms with E-state index in [2.05, 4.69) is 15.5 Å². The zero-order chi connectivity index (χ0) is 22.7. The first-order chi connectivity index (χ1) is 15.4. The second-order valence-corrected chi connectivity index (χ2v) is 7.93. The molecule has 3 aromatic rings. The molecule has 0 unspecified atom stereocenters. The molecular weight excluding hydrogens is 413 g/mol. The molecule has 9 heteroatoms. The van der Waals surface area contributed by atoms with Gasteiger partial charge in [-0.05, 0) is 55.2 Å². The predicted octanol–water partition coefficient (Wildman–Crippen LogP) is 2.75. The predicted molar refractivity (Wildman–Crippen MR) is 117 cm³/mol. The van der Waals surface area contributed by atoms with Crippen molar-refractivity contribution in [2.24, 2.45) is 5.92 Å². The van der Waals surface area contributed by atoms with Crippen LogP contribution in [0, 0.1) is 11.7 Å². The Morgan fingerprint density at radius 3 is 2.47 bits per heavy atom. The molecule has 0 saturated carbocycles. The van der Waals surface area contributed by atoms with Crippen LogP contribution < -0.4 is 11.0 Å². The van der Waals surface area contributed by atoms with Crippen molar-refractivity contribution in [3.05, 3.63) is 76.2 Å². The molecule has 1 aliphatic rings. The van der Waals surface area contributed by atoms with Crippen LogP contribution in [0.3, 0.4) is 0 Å². The van der Waals surface area contributed by atoms with Crippen LogP contribution in [0.2, 0.25) is 0 Å². The zero-order valence-electron chi connectivity index (χ0n) is 17.7. The molecule has 0 bridgehead atoms. The fraction of sp³-hybridized carbons (Fsp3) is 0.304. The smallest absolute Gasteiger partial charge is 0.339 e. The zero-order valence-corrected chi connectivity index (χ0v) is 17.7. The minimum absolute atomic E-state index is 0.0548. The third-order valence-electron chi connectivity index (χ3n) is 5.66. The number of rotatable bonds is 5. The summed E-state index contributed by atoms with van der Waals surface area (Å²) < 4.78 is 15.5. The summed E-state index contributed by atoms with van der Waals surface area (Å²) in [5.74, 6) is 0.00637. The maximum Gasteiger partial charge on any atom is 0.348 e. The largest absolute Gasteiger partial charge is 0.348 e. The van der Waals surface area contributed by atoms with Gasteiger partial charge in [0.15, 0.2) is 0 Å². The number of H-pyrrole nitrogens is 1. The molecule has 1 fully saturated rings. The molecule has 0 spiro atoms. The number of benzene rings is 2. The fourth-order valence-electron chi connectivity index (χ4n) is 4.03. The molecule has 1 aliphatic heterocycles. The van der Waals surface area contributed by atoms with Gasteiger partial charge in [-0.3, -0.25) is 9.59 Å². The summed E-state index contributed by atoms with van der Waals surface area (Å²) in [7, 11) is 0. The van der Waals surface area contributed by atoms with E-state index in [9.17, 15) is 18.8 Å². The number of halogens is 1. The van der Waals surface area contributed by atoms with Crippen LogP contribution in [0.4, 0.5) is 10.1 Å². The van der Waals surface area contributed by atoms with Gasteiger partial charge in [0, 0.05) is 37.7 Å². The molecule has 166 valence electrons. The number of nitrogens with one attached hydrogen (secondary N) is 2. The number of anilines is 1. The highest BCUT2D eigenvalue weighted by molar-refractivity contribution is 5.95. The van der Waals surface area contributed by atoms with Crippen molar-refractivity contribution < 1.29 is 14.0 Å². The summed E-state index contributed by atoms with van der Waals surface area (Å²) in [4.78, 5) is 38.0. The first-order valence-corrected chi connectivity index (χ1v) is 10.5. The number of hydrogen-bond donors (Lipinski definition) is 2. The fourth-order valence-corrected chi connectivity index (χ4v) is 4.03. The number of piperidine rings is 1. The quantitative estimate of drug-likeness (QED) is 0.641. The molecule has 2 heterocycles. The Hall–Kier alpha value is -3.75. The summed E-state index contributed by atoms with van der Waals surface area (Å²) >= 11 is 0. The van der Waals surface area contributed by atoms with Gasteiger partial charge >= 0.3 is 5.69 Å². The van der Waals surface area contributed by atoms with Gasteiger partial charge in [0.25, 0.3) is 5.91 Å². The minimum Gasteiger partial charge on any atom is -0.339 e. The van der Waals surface area contributed by atoms with Gasteiger partial charge in [0.2, 0.25) is 5.91 Å². The molecule has 1 aromatic heterocycles. The summed E-state index contributed by atoms with van der Waals surface area (Å²) in [6.45, 7) is 2.61. The van der Waals surface area contributed by atoms with E-state index in [0.717, 1.165) is 12.8 Å². The topological polar surface area (TPSA) is 100 Å². The van der Waals surface area contributed by atoms with Crippen molar-refractivity contribution in [2.45, 2.75) is 26.2 Å². The molecule has 1 saturated heterocycles. The van der Waals surface area contributed by atoms with Gasteiger partial charge in [0.05, 0.1) is 5.69 Å². The van der Waals surface area contributed by atoms with Crippen LogP contribution in [-0.2, 0) is 11.2 Å². The van der Waals surface area contributed by atoms with Gasteiger partial charge < -0.3 is 10.2 Å². The third kappa shape index (κ3) is 4.61. The lowest BCUT2D eigenvalue weighted by Crippen LogP contribution is -2.39. The number of aromatic amines is 1. The van der Waals surface area contributed by atoms with E-state index in [-0.39, 0.29) is 23.4 Å². The maximum atomic E-state index is 14.2. The van der Waals surface area contributed by atoms with E-state index in [1.807, 2.05) is 0 Å². The number of carbonyl (C=O) groups is 2. The number of carbonyl (C=O) groups excluding carboxylic acids is 2. The Labute approximate surface area is 184 Å². The van der Waals surface area contributed by atoms with Crippen LogP contribution in [0.1, 0.15) is 35.9 Å². The van der Waals surface area contributed by atoms with E-state index in [0.29, 0.717) is 36.6 Å². The highest BCUT2D eigenvalue weighted by Crippen LogP contribution is 2.23. The first kappa shape index (κ1) is 21.5. The van der Waals surface area contributed by atoms with Crippen molar-refractivity contribution in [2.75, 3.05) is 18.4 Å². The average Bonchev–Trinajstić information content (AvgIpc) is 3.14. The lowest BCUT2D eigenvalue weighted by atomic mass is 9.92. The summed E-state index contributed by atoms with van der Waals surface area (Å²) in [5, 5.41) is 9.20. The van der Waals surface area contributed by atoms with Crippen molar-refractivity contribution in [1.82, 2.24) is 19.7 Å². The van der Waals surface area contributed by atoms with E-state index in [1.54, 1.807) is 47.4 Å². The monoisotopic (exact) mass is 437 g/mol. The van der Waals surface area contributed by atoms with Gasteiger partial charge in [-0.1, -0.05) is 12.1 Å². The highest BCUT2D eigenvalue weighted by atomic mass is 19.1. The standard InChI is InChI=1S/C23H24FN5O3/c1-15(30)25-18-8-6-17(7-9-18)22(31)28-12-10-16(11-13-28)14-21-26-27-23(32)29(21)20-5-3-2-4-19(20)24/h2-9,16H,10-14H2,1H3,(H,25,30)(H,27,32). The normalized spacial score (nSPS) is 14.4. The second kappa shape index (κ2) is 9.17. The number of amides is 2. The summed E-state index contributed by atoms with van der Waals surface area (Å²) in [6.07, 6.45) is 2.03. The first-order valence-electron chi connectivity index (χ1n) is 10.5. The van der Waals surface area contributed by atoms with Crippen molar-refractivity contribution in [3.63, 3.8) is 0 Å². The molecule has 32 heavy (non-hydrogen) atoms. The van der Waals surface area contributed by atoms with Gasteiger partial charge in [-0.15, -0.1) is 0 Å². The molecule has 2 amide bonds. The summed E-state index contributed by atoms with van der Waals surface area (Å²) in [5.41, 5.74) is 0.919. The molecule has 0 aliphatic carbocycles. The Morgan fingerprint density at radius 1 is 1.12 bits per heavy atom. The molecule has 2 N–H and O–H groups in total. The van der Waals surface area contributed by atoms with Crippen LogP contribution >= 0.6 is 0 Å². The molecule has 0 atom stereocenters. The van der Waals surface area contributed by atoms with Gasteiger partial charge in [0.1, 0.15) is 11.6 Å². The van der Waals surface area contributed by atoms with E-state index in [4.69, 9.17) is 0 Å².